The third-order valence-electron chi connectivity index (χ3n) is 1.50. The van der Waals surface area contributed by atoms with Crippen LogP contribution in [-0.4, -0.2) is 23.4 Å². The average molecular weight is 143 g/mol. The summed E-state index contributed by atoms with van der Waals surface area (Å²) in [6.45, 7) is 5.29. The fourth-order valence-electron chi connectivity index (χ4n) is 0.765. The van der Waals surface area contributed by atoms with Crippen LogP contribution in [0.25, 0.3) is 0 Å². The lowest BCUT2D eigenvalue weighted by molar-refractivity contribution is 0.142. The van der Waals surface area contributed by atoms with E-state index in [4.69, 9.17) is 16.8 Å². The molecule has 2 N–H and O–H groups in total. The molecule has 0 unspecified atom stereocenters. The Balaban J connectivity index is 3.16. The van der Waals surface area contributed by atoms with Crippen LogP contribution in [0, 0.1) is 12.5 Å². The van der Waals surface area contributed by atoms with Gasteiger partial charge in [-0.15, -0.1) is 0 Å². The Hall–Kier alpha value is -0.340. The minimum absolute atomic E-state index is 0.0416. The number of unbranched alkanes of at least 4 members (excludes halogenated alkanes) is 1. The molecule has 0 aliphatic heterocycles. The lowest BCUT2D eigenvalue weighted by Gasteiger charge is -2.08. The molecule has 2 nitrogen and oxygen atoms in total. The van der Waals surface area contributed by atoms with Gasteiger partial charge in [0.25, 0.3) is 0 Å². The van der Waals surface area contributed by atoms with Crippen LogP contribution in [0.1, 0.15) is 19.3 Å². The summed E-state index contributed by atoms with van der Waals surface area (Å²) in [6.07, 6.45) is 4.26. The van der Waals surface area contributed by atoms with Crippen molar-refractivity contribution in [3.63, 3.8) is 0 Å². The molecule has 0 aliphatic carbocycles. The molecule has 0 bridgehead atoms. The zero-order valence-corrected chi connectivity index (χ0v) is 6.16. The minimum Gasteiger partial charge on any atom is -0.396 e. The highest BCUT2D eigenvalue weighted by Gasteiger charge is 2.03. The molecule has 0 aliphatic rings. The first-order valence-corrected chi connectivity index (χ1v) is 3.60. The van der Waals surface area contributed by atoms with Crippen LogP contribution in [0.15, 0.2) is 6.08 Å². The molecule has 0 saturated carbocycles. The van der Waals surface area contributed by atoms with Crippen molar-refractivity contribution >= 4 is 0 Å². The van der Waals surface area contributed by atoms with Crippen molar-refractivity contribution in [1.29, 1.82) is 0 Å². The zero-order chi connectivity index (χ0) is 7.82. The quantitative estimate of drug-likeness (QED) is 0.538. The van der Waals surface area contributed by atoms with E-state index in [0.29, 0.717) is 0 Å². The second kappa shape index (κ2) is 6.78. The van der Waals surface area contributed by atoms with Gasteiger partial charge in [0.15, 0.2) is 0 Å². The second-order valence-electron chi connectivity index (χ2n) is 2.40. The van der Waals surface area contributed by atoms with Gasteiger partial charge in [-0.25, -0.2) is 0 Å². The third kappa shape index (κ3) is 4.53. The number of aliphatic hydroxyl groups excluding tert-OH is 2. The van der Waals surface area contributed by atoms with Gasteiger partial charge < -0.3 is 10.2 Å². The van der Waals surface area contributed by atoms with E-state index < -0.39 is 0 Å². The van der Waals surface area contributed by atoms with Gasteiger partial charge in [-0.05, 0) is 19.3 Å². The third-order valence-corrected chi connectivity index (χ3v) is 1.50. The second-order valence-corrected chi connectivity index (χ2v) is 2.40. The summed E-state index contributed by atoms with van der Waals surface area (Å²) in [5.74, 6) is 0.0416. The summed E-state index contributed by atoms with van der Waals surface area (Å²) in [5.41, 5.74) is 0. The maximum absolute atomic E-state index is 8.62. The highest BCUT2D eigenvalue weighted by Crippen LogP contribution is 2.06. The largest absolute Gasteiger partial charge is 0.396 e. The fourth-order valence-corrected chi connectivity index (χ4v) is 0.765. The number of rotatable bonds is 6. The highest BCUT2D eigenvalue weighted by atomic mass is 16.3. The van der Waals surface area contributed by atoms with Crippen LogP contribution in [0.3, 0.4) is 0 Å². The van der Waals surface area contributed by atoms with Crippen molar-refractivity contribution in [2.45, 2.75) is 19.3 Å². The first kappa shape index (κ1) is 9.66. The number of aliphatic hydroxyl groups is 2. The van der Waals surface area contributed by atoms with Crippen LogP contribution in [0.4, 0.5) is 0 Å². The van der Waals surface area contributed by atoms with E-state index in [2.05, 4.69) is 0 Å². The smallest absolute Gasteiger partial charge is 0.0481 e. The fraction of sp³-hybridized carbons (Fsp3) is 0.750. The van der Waals surface area contributed by atoms with E-state index >= 15 is 0 Å². The number of hydrogen-bond donors (Lipinski definition) is 2. The van der Waals surface area contributed by atoms with Crippen molar-refractivity contribution in [1.82, 2.24) is 0 Å². The molecule has 2 heteroatoms. The average Bonchev–Trinajstić information content (AvgIpc) is 1.99. The standard InChI is InChI=1S/C8H15O2/c1-2-3-4-5-8(6-9)7-10/h1-2,8-10H,3-7H2. The summed E-state index contributed by atoms with van der Waals surface area (Å²) in [5, 5.41) is 17.2. The van der Waals surface area contributed by atoms with Gasteiger partial charge in [0.2, 0.25) is 0 Å². The Kier molecular flexibility index (Phi) is 6.55. The highest BCUT2D eigenvalue weighted by molar-refractivity contribution is 4.64. The first-order chi connectivity index (χ1) is 4.85. The van der Waals surface area contributed by atoms with Crippen molar-refractivity contribution in [2.75, 3.05) is 13.2 Å². The molecule has 0 aromatic rings. The summed E-state index contributed by atoms with van der Waals surface area (Å²) >= 11 is 0. The number of allylic oxidation sites excluding steroid dienone is 1. The van der Waals surface area contributed by atoms with E-state index in [9.17, 15) is 0 Å². The molecule has 0 aromatic carbocycles. The Labute approximate surface area is 62.2 Å². The van der Waals surface area contributed by atoms with Gasteiger partial charge in [-0.3, -0.25) is 0 Å². The molecular weight excluding hydrogens is 128 g/mol. The van der Waals surface area contributed by atoms with Gasteiger partial charge in [0.1, 0.15) is 0 Å². The van der Waals surface area contributed by atoms with Crippen molar-refractivity contribution < 1.29 is 10.2 Å². The molecule has 0 atom stereocenters. The van der Waals surface area contributed by atoms with Crippen LogP contribution < -0.4 is 0 Å². The van der Waals surface area contributed by atoms with Gasteiger partial charge in [-0.2, -0.15) is 0 Å². The molecule has 0 spiro atoms. The Morgan fingerprint density at radius 2 is 1.90 bits per heavy atom. The summed E-state index contributed by atoms with van der Waals surface area (Å²) in [4.78, 5) is 0. The topological polar surface area (TPSA) is 40.5 Å². The van der Waals surface area contributed by atoms with E-state index in [1.54, 1.807) is 6.08 Å². The summed E-state index contributed by atoms with van der Waals surface area (Å²) in [7, 11) is 0. The Morgan fingerprint density at radius 1 is 1.30 bits per heavy atom. The summed E-state index contributed by atoms with van der Waals surface area (Å²) < 4.78 is 0. The van der Waals surface area contributed by atoms with Gasteiger partial charge in [0.05, 0.1) is 0 Å². The predicted octanol–water partition coefficient (Wildman–Crippen LogP) is 0.747. The van der Waals surface area contributed by atoms with Crippen molar-refractivity contribution in [3.05, 3.63) is 12.7 Å². The minimum atomic E-state index is 0.0416. The van der Waals surface area contributed by atoms with Gasteiger partial charge in [-0.1, -0.05) is 12.7 Å². The molecule has 10 heavy (non-hydrogen) atoms. The Bertz CT molecular complexity index is 77.3. The molecule has 0 aromatic heterocycles. The van der Waals surface area contributed by atoms with E-state index in [1.165, 1.54) is 0 Å². The molecule has 0 heterocycles. The maximum atomic E-state index is 8.62. The Morgan fingerprint density at radius 3 is 2.30 bits per heavy atom. The van der Waals surface area contributed by atoms with Crippen LogP contribution in [0.2, 0.25) is 0 Å². The molecule has 0 rings (SSSR count). The van der Waals surface area contributed by atoms with Crippen molar-refractivity contribution in [2.24, 2.45) is 5.92 Å². The molecule has 0 amide bonds. The molecule has 59 valence electrons. The molecule has 0 fully saturated rings. The van der Waals surface area contributed by atoms with Gasteiger partial charge in [0, 0.05) is 19.1 Å². The zero-order valence-electron chi connectivity index (χ0n) is 6.16. The predicted molar refractivity (Wildman–Crippen MR) is 40.4 cm³/mol. The monoisotopic (exact) mass is 143 g/mol. The lowest BCUT2D eigenvalue weighted by Crippen LogP contribution is -2.10. The first-order valence-electron chi connectivity index (χ1n) is 3.60. The SMILES string of the molecule is [CH]=CCCCC(CO)CO. The van der Waals surface area contributed by atoms with Crippen LogP contribution in [0.5, 0.6) is 0 Å². The molecular formula is C8H15O2. The molecule has 0 saturated heterocycles. The summed E-state index contributed by atoms with van der Waals surface area (Å²) in [6, 6.07) is 0. The van der Waals surface area contributed by atoms with Crippen LogP contribution >= 0.6 is 0 Å². The molecule has 1 radical (unpaired) electrons. The maximum Gasteiger partial charge on any atom is 0.0481 e. The van der Waals surface area contributed by atoms with E-state index in [0.717, 1.165) is 19.3 Å². The van der Waals surface area contributed by atoms with Gasteiger partial charge >= 0.3 is 0 Å². The lowest BCUT2D eigenvalue weighted by atomic mass is 10.0. The van der Waals surface area contributed by atoms with Crippen LogP contribution in [-0.2, 0) is 0 Å². The van der Waals surface area contributed by atoms with E-state index in [1.807, 2.05) is 0 Å². The van der Waals surface area contributed by atoms with Crippen molar-refractivity contribution in [3.8, 4) is 0 Å². The normalized spacial score (nSPS) is 10.3. The van der Waals surface area contributed by atoms with E-state index in [-0.39, 0.29) is 19.1 Å². The number of hydrogen-bond acceptors (Lipinski definition) is 2.